The Morgan fingerprint density at radius 1 is 1.32 bits per heavy atom. The van der Waals surface area contributed by atoms with E-state index in [2.05, 4.69) is 6.07 Å². The van der Waals surface area contributed by atoms with E-state index < -0.39 is 6.10 Å². The van der Waals surface area contributed by atoms with E-state index in [1.807, 2.05) is 6.92 Å². The van der Waals surface area contributed by atoms with Gasteiger partial charge in [-0.15, -0.1) is 0 Å². The standard InChI is InChI=1S/C15H19NO3/c1-2-4-12(10-16)15(17)11-5-6-13-14(9-11)19-8-3-7-18-13/h5-6,9,12,15,17H,2-4,7-8H2,1H3. The number of rotatable bonds is 4. The van der Waals surface area contributed by atoms with Crippen molar-refractivity contribution in [3.05, 3.63) is 23.8 Å². The van der Waals surface area contributed by atoms with Gasteiger partial charge in [0.2, 0.25) is 0 Å². The topological polar surface area (TPSA) is 62.5 Å². The molecule has 2 unspecified atom stereocenters. The van der Waals surface area contributed by atoms with Crippen LogP contribution in [-0.2, 0) is 0 Å². The second kappa shape index (κ2) is 6.44. The Hall–Kier alpha value is -1.73. The molecule has 1 aliphatic rings. The van der Waals surface area contributed by atoms with Gasteiger partial charge in [-0.25, -0.2) is 0 Å². The molecule has 4 nitrogen and oxygen atoms in total. The van der Waals surface area contributed by atoms with Gasteiger partial charge in [0, 0.05) is 6.42 Å². The molecule has 0 bridgehead atoms. The Morgan fingerprint density at radius 3 is 2.74 bits per heavy atom. The second-order valence-corrected chi connectivity index (χ2v) is 4.73. The summed E-state index contributed by atoms with van der Waals surface area (Å²) in [5, 5.41) is 19.4. The fourth-order valence-electron chi connectivity index (χ4n) is 2.20. The van der Waals surface area contributed by atoms with E-state index >= 15 is 0 Å². The molecule has 19 heavy (non-hydrogen) atoms. The lowest BCUT2D eigenvalue weighted by Crippen LogP contribution is -2.11. The van der Waals surface area contributed by atoms with Gasteiger partial charge in [-0.05, 0) is 24.1 Å². The monoisotopic (exact) mass is 261 g/mol. The molecule has 0 aromatic heterocycles. The van der Waals surface area contributed by atoms with Crippen LogP contribution in [0.2, 0.25) is 0 Å². The van der Waals surface area contributed by atoms with Crippen molar-refractivity contribution >= 4 is 0 Å². The highest BCUT2D eigenvalue weighted by Gasteiger charge is 2.21. The molecule has 102 valence electrons. The van der Waals surface area contributed by atoms with Crippen LogP contribution in [0.25, 0.3) is 0 Å². The summed E-state index contributed by atoms with van der Waals surface area (Å²) in [6.07, 6.45) is 1.64. The van der Waals surface area contributed by atoms with E-state index in [-0.39, 0.29) is 5.92 Å². The van der Waals surface area contributed by atoms with E-state index in [9.17, 15) is 5.11 Å². The predicted molar refractivity (Wildman–Crippen MR) is 71.0 cm³/mol. The lowest BCUT2D eigenvalue weighted by molar-refractivity contribution is 0.129. The number of nitrogens with zero attached hydrogens (tertiary/aromatic N) is 1. The van der Waals surface area contributed by atoms with Crippen molar-refractivity contribution in [2.45, 2.75) is 32.3 Å². The van der Waals surface area contributed by atoms with Gasteiger partial charge < -0.3 is 14.6 Å². The first kappa shape index (κ1) is 13.7. The molecule has 0 fully saturated rings. The van der Waals surface area contributed by atoms with Crippen molar-refractivity contribution in [2.24, 2.45) is 5.92 Å². The number of hydrogen-bond acceptors (Lipinski definition) is 4. The van der Waals surface area contributed by atoms with Gasteiger partial charge >= 0.3 is 0 Å². The summed E-state index contributed by atoms with van der Waals surface area (Å²) < 4.78 is 11.1. The zero-order valence-electron chi connectivity index (χ0n) is 11.1. The van der Waals surface area contributed by atoms with Gasteiger partial charge in [0.25, 0.3) is 0 Å². The number of fused-ring (bicyclic) bond motifs is 1. The fourth-order valence-corrected chi connectivity index (χ4v) is 2.20. The Kier molecular flexibility index (Phi) is 4.64. The van der Waals surface area contributed by atoms with E-state index in [0.717, 1.165) is 12.8 Å². The van der Waals surface area contributed by atoms with Crippen LogP contribution in [0, 0.1) is 17.2 Å². The summed E-state index contributed by atoms with van der Waals surface area (Å²) in [5.41, 5.74) is 0.712. The minimum Gasteiger partial charge on any atom is -0.490 e. The summed E-state index contributed by atoms with van der Waals surface area (Å²) in [6.45, 7) is 3.26. The Bertz CT molecular complexity index is 467. The van der Waals surface area contributed by atoms with Gasteiger partial charge in [-0.1, -0.05) is 19.4 Å². The Morgan fingerprint density at radius 2 is 2.05 bits per heavy atom. The Labute approximate surface area is 113 Å². The van der Waals surface area contributed by atoms with Gasteiger partial charge in [0.1, 0.15) is 0 Å². The maximum absolute atomic E-state index is 10.3. The maximum Gasteiger partial charge on any atom is 0.161 e. The van der Waals surface area contributed by atoms with Crippen molar-refractivity contribution in [1.29, 1.82) is 5.26 Å². The number of hydrogen-bond donors (Lipinski definition) is 1. The average Bonchev–Trinajstić information content (AvgIpc) is 2.68. The number of nitriles is 1. The summed E-state index contributed by atoms with van der Waals surface area (Å²) in [4.78, 5) is 0. The van der Waals surface area contributed by atoms with Crippen LogP contribution < -0.4 is 9.47 Å². The third-order valence-electron chi connectivity index (χ3n) is 3.26. The molecule has 0 saturated carbocycles. The molecular formula is C15H19NO3. The highest BCUT2D eigenvalue weighted by Crippen LogP contribution is 2.34. The van der Waals surface area contributed by atoms with Crippen LogP contribution in [0.4, 0.5) is 0 Å². The summed E-state index contributed by atoms with van der Waals surface area (Å²) in [7, 11) is 0. The first-order chi connectivity index (χ1) is 9.26. The molecule has 0 aliphatic carbocycles. The quantitative estimate of drug-likeness (QED) is 0.905. The van der Waals surface area contributed by atoms with Gasteiger partial charge in [-0.3, -0.25) is 0 Å². The molecule has 0 amide bonds. The van der Waals surface area contributed by atoms with Crippen LogP contribution in [0.15, 0.2) is 18.2 Å². The molecule has 4 heteroatoms. The molecule has 1 heterocycles. The third kappa shape index (κ3) is 3.18. The molecule has 1 aromatic carbocycles. The average molecular weight is 261 g/mol. The van der Waals surface area contributed by atoms with Crippen molar-refractivity contribution in [1.82, 2.24) is 0 Å². The lowest BCUT2D eigenvalue weighted by Gasteiger charge is -2.17. The zero-order chi connectivity index (χ0) is 13.7. The second-order valence-electron chi connectivity index (χ2n) is 4.73. The van der Waals surface area contributed by atoms with Crippen molar-refractivity contribution in [3.63, 3.8) is 0 Å². The molecule has 0 radical (unpaired) electrons. The van der Waals surface area contributed by atoms with Gasteiger partial charge in [-0.2, -0.15) is 5.26 Å². The predicted octanol–water partition coefficient (Wildman–Crippen LogP) is 2.82. The van der Waals surface area contributed by atoms with E-state index in [0.29, 0.717) is 36.7 Å². The van der Waals surface area contributed by atoms with E-state index in [1.54, 1.807) is 18.2 Å². The normalized spacial score (nSPS) is 17.1. The maximum atomic E-state index is 10.3. The summed E-state index contributed by atoms with van der Waals surface area (Å²) in [5.74, 6) is 0.981. The molecule has 1 N–H and O–H groups in total. The van der Waals surface area contributed by atoms with Gasteiger partial charge in [0.15, 0.2) is 11.5 Å². The van der Waals surface area contributed by atoms with Crippen LogP contribution in [0.3, 0.4) is 0 Å². The molecule has 2 atom stereocenters. The first-order valence-electron chi connectivity index (χ1n) is 6.73. The molecule has 0 spiro atoms. The van der Waals surface area contributed by atoms with Crippen LogP contribution in [0.1, 0.15) is 37.9 Å². The van der Waals surface area contributed by atoms with Gasteiger partial charge in [0.05, 0.1) is 31.3 Å². The van der Waals surface area contributed by atoms with E-state index in [1.165, 1.54) is 0 Å². The minimum atomic E-state index is -0.776. The lowest BCUT2D eigenvalue weighted by atomic mass is 9.93. The summed E-state index contributed by atoms with van der Waals surface area (Å²) >= 11 is 0. The fraction of sp³-hybridized carbons (Fsp3) is 0.533. The van der Waals surface area contributed by atoms with Crippen molar-refractivity contribution in [2.75, 3.05) is 13.2 Å². The number of aliphatic hydroxyl groups excluding tert-OH is 1. The molecule has 0 saturated heterocycles. The van der Waals surface area contributed by atoms with Crippen LogP contribution >= 0.6 is 0 Å². The zero-order valence-corrected chi connectivity index (χ0v) is 11.1. The van der Waals surface area contributed by atoms with Crippen LogP contribution in [-0.4, -0.2) is 18.3 Å². The number of benzene rings is 1. The third-order valence-corrected chi connectivity index (χ3v) is 3.26. The smallest absolute Gasteiger partial charge is 0.161 e. The molecule has 2 rings (SSSR count). The van der Waals surface area contributed by atoms with E-state index in [4.69, 9.17) is 14.7 Å². The minimum absolute atomic E-state index is 0.380. The number of aliphatic hydroxyl groups is 1. The Balaban J connectivity index is 2.21. The highest BCUT2D eigenvalue weighted by molar-refractivity contribution is 5.44. The molecular weight excluding hydrogens is 242 g/mol. The molecule has 1 aromatic rings. The SMILES string of the molecule is CCCC(C#N)C(O)c1ccc2c(c1)OCCCO2. The first-order valence-corrected chi connectivity index (χ1v) is 6.73. The number of ether oxygens (including phenoxy) is 2. The highest BCUT2D eigenvalue weighted by atomic mass is 16.5. The summed E-state index contributed by atoms with van der Waals surface area (Å²) in [6, 6.07) is 7.56. The van der Waals surface area contributed by atoms with Crippen molar-refractivity contribution in [3.8, 4) is 17.6 Å². The van der Waals surface area contributed by atoms with Crippen molar-refractivity contribution < 1.29 is 14.6 Å². The largest absolute Gasteiger partial charge is 0.490 e. The van der Waals surface area contributed by atoms with Crippen LogP contribution in [0.5, 0.6) is 11.5 Å². The molecule has 1 aliphatic heterocycles.